The van der Waals surface area contributed by atoms with Gasteiger partial charge in [0.15, 0.2) is 11.6 Å². The third-order valence-electron chi connectivity index (χ3n) is 6.87. The van der Waals surface area contributed by atoms with Crippen LogP contribution in [0.15, 0.2) is 119 Å². The SMILES string of the molecule is Cc1nc(-c2cccc(F)c2OCc2ccccc2)n(CCc2ccccc2)c(=O)c1-c1ccc(-c2ccco2)s1. The van der Waals surface area contributed by atoms with Crippen molar-refractivity contribution < 1.29 is 13.5 Å². The highest BCUT2D eigenvalue weighted by Gasteiger charge is 2.22. The molecule has 41 heavy (non-hydrogen) atoms. The van der Waals surface area contributed by atoms with Crippen LogP contribution >= 0.6 is 11.3 Å². The molecule has 3 aromatic carbocycles. The summed E-state index contributed by atoms with van der Waals surface area (Å²) in [6.45, 7) is 2.37. The summed E-state index contributed by atoms with van der Waals surface area (Å²) in [6, 6.07) is 31.9. The Morgan fingerprint density at radius 3 is 2.32 bits per heavy atom. The fraction of sp³-hybridized carbons (Fsp3) is 0.118. The van der Waals surface area contributed by atoms with Gasteiger partial charge in [0.25, 0.3) is 5.56 Å². The average Bonchev–Trinajstić information content (AvgIpc) is 3.70. The standard InChI is InChI=1S/C34H27FN2O3S/c1-23-31(30-18-17-29(41-30)28-16-9-21-39-28)34(38)37(20-19-24-10-4-2-5-11-24)33(36-23)26-14-8-15-27(35)32(26)40-22-25-12-6-3-7-13-25/h2-18,21H,19-20,22H2,1H3. The number of hydrogen-bond donors (Lipinski definition) is 0. The molecule has 0 aliphatic heterocycles. The van der Waals surface area contributed by atoms with Gasteiger partial charge in [0.2, 0.25) is 0 Å². The third-order valence-corrected chi connectivity index (χ3v) is 7.98. The quantitative estimate of drug-likeness (QED) is 0.178. The molecule has 0 saturated heterocycles. The van der Waals surface area contributed by atoms with Crippen LogP contribution < -0.4 is 10.3 Å². The van der Waals surface area contributed by atoms with Crippen molar-refractivity contribution in [3.8, 4) is 38.2 Å². The first-order chi connectivity index (χ1) is 20.1. The number of aromatic nitrogens is 2. The average molecular weight is 563 g/mol. The number of nitrogens with zero attached hydrogens (tertiary/aromatic N) is 2. The van der Waals surface area contributed by atoms with Crippen LogP contribution in [0, 0.1) is 12.7 Å². The van der Waals surface area contributed by atoms with Crippen molar-refractivity contribution in [1.29, 1.82) is 0 Å². The van der Waals surface area contributed by atoms with E-state index in [2.05, 4.69) is 0 Å². The van der Waals surface area contributed by atoms with Gasteiger partial charge in [-0.15, -0.1) is 11.3 Å². The van der Waals surface area contributed by atoms with E-state index in [4.69, 9.17) is 14.1 Å². The van der Waals surface area contributed by atoms with Gasteiger partial charge in [0.1, 0.15) is 18.2 Å². The maximum absolute atomic E-state index is 15.3. The van der Waals surface area contributed by atoms with Crippen molar-refractivity contribution in [1.82, 2.24) is 9.55 Å². The molecule has 0 radical (unpaired) electrons. The summed E-state index contributed by atoms with van der Waals surface area (Å²) in [6.07, 6.45) is 2.23. The number of thiophene rings is 1. The van der Waals surface area contributed by atoms with E-state index in [1.807, 2.05) is 91.9 Å². The van der Waals surface area contributed by atoms with Crippen LogP contribution in [0.4, 0.5) is 4.39 Å². The van der Waals surface area contributed by atoms with Gasteiger partial charge in [-0.05, 0) is 60.9 Å². The monoisotopic (exact) mass is 562 g/mol. The van der Waals surface area contributed by atoms with E-state index in [-0.39, 0.29) is 17.9 Å². The lowest BCUT2D eigenvalue weighted by molar-refractivity contribution is 0.291. The van der Waals surface area contributed by atoms with Crippen LogP contribution in [-0.2, 0) is 19.6 Å². The molecule has 204 valence electrons. The number of hydrogen-bond acceptors (Lipinski definition) is 5. The lowest BCUT2D eigenvalue weighted by Crippen LogP contribution is -2.27. The Bertz CT molecular complexity index is 1830. The van der Waals surface area contributed by atoms with Gasteiger partial charge in [0.05, 0.1) is 28.0 Å². The van der Waals surface area contributed by atoms with Crippen LogP contribution in [0.2, 0.25) is 0 Å². The molecule has 0 bridgehead atoms. The van der Waals surface area contributed by atoms with Gasteiger partial charge in [-0.1, -0.05) is 66.7 Å². The molecule has 6 aromatic rings. The fourth-order valence-corrected chi connectivity index (χ4v) is 5.89. The van der Waals surface area contributed by atoms with E-state index in [1.165, 1.54) is 17.4 Å². The summed E-state index contributed by atoms with van der Waals surface area (Å²) >= 11 is 1.48. The highest BCUT2D eigenvalue weighted by molar-refractivity contribution is 7.18. The molecule has 3 heterocycles. The molecule has 0 atom stereocenters. The topological polar surface area (TPSA) is 57.3 Å². The molecule has 0 unspecified atom stereocenters. The highest BCUT2D eigenvalue weighted by Crippen LogP contribution is 2.36. The maximum atomic E-state index is 15.3. The molecule has 0 fully saturated rings. The molecule has 6 rings (SSSR count). The zero-order valence-corrected chi connectivity index (χ0v) is 23.2. The Morgan fingerprint density at radius 1 is 0.854 bits per heavy atom. The first kappa shape index (κ1) is 26.5. The third kappa shape index (κ3) is 5.62. The first-order valence-corrected chi connectivity index (χ1v) is 14.1. The summed E-state index contributed by atoms with van der Waals surface area (Å²) in [5.41, 5.74) is 3.33. The van der Waals surface area contributed by atoms with Gasteiger partial charge in [-0.3, -0.25) is 9.36 Å². The van der Waals surface area contributed by atoms with Crippen molar-refractivity contribution in [2.75, 3.05) is 0 Å². The minimum Gasteiger partial charge on any atom is -0.485 e. The summed E-state index contributed by atoms with van der Waals surface area (Å²) < 4.78 is 28.5. The molecule has 0 aliphatic carbocycles. The van der Waals surface area contributed by atoms with Crippen LogP contribution in [-0.4, -0.2) is 9.55 Å². The minimum absolute atomic E-state index is 0.0695. The van der Waals surface area contributed by atoms with E-state index in [1.54, 1.807) is 23.0 Å². The molecule has 7 heteroatoms. The van der Waals surface area contributed by atoms with Crippen LogP contribution in [0.1, 0.15) is 16.8 Å². The zero-order chi connectivity index (χ0) is 28.2. The van der Waals surface area contributed by atoms with Crippen molar-refractivity contribution in [3.63, 3.8) is 0 Å². The van der Waals surface area contributed by atoms with Crippen molar-refractivity contribution in [2.45, 2.75) is 26.5 Å². The second kappa shape index (κ2) is 11.8. The van der Waals surface area contributed by atoms with Gasteiger partial charge < -0.3 is 9.15 Å². The number of ether oxygens (including phenoxy) is 1. The summed E-state index contributed by atoms with van der Waals surface area (Å²) in [7, 11) is 0. The molecule has 0 saturated carbocycles. The number of para-hydroxylation sites is 1. The van der Waals surface area contributed by atoms with Crippen molar-refractivity contribution in [2.24, 2.45) is 0 Å². The molecule has 0 spiro atoms. The Labute approximate surface area is 241 Å². The summed E-state index contributed by atoms with van der Waals surface area (Å²) in [5.74, 6) is 0.677. The molecule has 0 aliphatic rings. The van der Waals surface area contributed by atoms with E-state index < -0.39 is 5.82 Å². The predicted molar refractivity (Wildman–Crippen MR) is 161 cm³/mol. The number of rotatable bonds is 9. The minimum atomic E-state index is -0.509. The Morgan fingerprint density at radius 2 is 1.59 bits per heavy atom. The van der Waals surface area contributed by atoms with E-state index >= 15 is 4.39 Å². The first-order valence-electron chi connectivity index (χ1n) is 13.3. The fourth-order valence-electron chi connectivity index (χ4n) is 4.83. The summed E-state index contributed by atoms with van der Waals surface area (Å²) in [4.78, 5) is 20.9. The predicted octanol–water partition coefficient (Wildman–Crippen LogP) is 8.17. The van der Waals surface area contributed by atoms with Crippen LogP contribution in [0.5, 0.6) is 5.75 Å². The van der Waals surface area contributed by atoms with Gasteiger partial charge in [-0.25, -0.2) is 9.37 Å². The Hall–Kier alpha value is -4.75. The zero-order valence-electron chi connectivity index (χ0n) is 22.4. The van der Waals surface area contributed by atoms with E-state index in [0.717, 1.165) is 26.6 Å². The van der Waals surface area contributed by atoms with Crippen molar-refractivity contribution >= 4 is 11.3 Å². The maximum Gasteiger partial charge on any atom is 0.262 e. The van der Waals surface area contributed by atoms with E-state index in [0.29, 0.717) is 35.6 Å². The Balaban J connectivity index is 1.46. The lowest BCUT2D eigenvalue weighted by atomic mass is 10.1. The molecule has 0 amide bonds. The lowest BCUT2D eigenvalue weighted by Gasteiger charge is -2.18. The normalized spacial score (nSPS) is 11.1. The highest BCUT2D eigenvalue weighted by atomic mass is 32.1. The van der Waals surface area contributed by atoms with Crippen LogP contribution in [0.25, 0.3) is 32.5 Å². The number of benzene rings is 3. The largest absolute Gasteiger partial charge is 0.485 e. The second-order valence-corrected chi connectivity index (χ2v) is 10.7. The molecule has 0 N–H and O–H groups in total. The van der Waals surface area contributed by atoms with Gasteiger partial charge in [0, 0.05) is 11.4 Å². The molecule has 5 nitrogen and oxygen atoms in total. The van der Waals surface area contributed by atoms with Crippen molar-refractivity contribution in [3.05, 3.63) is 142 Å². The molecule has 3 aromatic heterocycles. The molecular formula is C34H27FN2O3S. The number of furan rings is 1. The number of halogens is 1. The van der Waals surface area contributed by atoms with Crippen LogP contribution in [0.3, 0.4) is 0 Å². The van der Waals surface area contributed by atoms with Gasteiger partial charge >= 0.3 is 0 Å². The van der Waals surface area contributed by atoms with Gasteiger partial charge in [-0.2, -0.15) is 0 Å². The smallest absolute Gasteiger partial charge is 0.262 e. The number of aryl methyl sites for hydroxylation is 2. The van der Waals surface area contributed by atoms with E-state index in [9.17, 15) is 4.79 Å². The second-order valence-electron chi connectivity index (χ2n) is 9.62. The Kier molecular flexibility index (Phi) is 7.60. The molecular weight excluding hydrogens is 535 g/mol. The summed E-state index contributed by atoms with van der Waals surface area (Å²) in [5, 5.41) is 0.